The number of halogens is 1. The second-order valence-electron chi connectivity index (χ2n) is 9.51. The molecule has 37 heavy (non-hydrogen) atoms. The van der Waals surface area contributed by atoms with Gasteiger partial charge in [-0.3, -0.25) is 4.79 Å². The SMILES string of the molecule is CCC(c1ccccc1)N(Cc1ccc(C(=O)NC2CCC(O)CC2)cc1)S(=O)(=O)c1ccc(Cl)cc1. The molecular weight excluding hydrogens is 508 g/mol. The molecule has 6 nitrogen and oxygen atoms in total. The van der Waals surface area contributed by atoms with Crippen molar-refractivity contribution in [3.63, 3.8) is 0 Å². The van der Waals surface area contributed by atoms with Gasteiger partial charge >= 0.3 is 0 Å². The van der Waals surface area contributed by atoms with Crippen LogP contribution in [0.2, 0.25) is 5.02 Å². The molecule has 0 spiro atoms. The van der Waals surface area contributed by atoms with Crippen molar-refractivity contribution in [3.05, 3.63) is 101 Å². The van der Waals surface area contributed by atoms with Crippen molar-refractivity contribution in [1.82, 2.24) is 9.62 Å². The van der Waals surface area contributed by atoms with Gasteiger partial charge in [-0.1, -0.05) is 61.0 Å². The van der Waals surface area contributed by atoms with Gasteiger partial charge < -0.3 is 10.4 Å². The summed E-state index contributed by atoms with van der Waals surface area (Å²) in [7, 11) is -3.85. The molecule has 0 radical (unpaired) electrons. The first-order valence-corrected chi connectivity index (χ1v) is 14.5. The van der Waals surface area contributed by atoms with Crippen LogP contribution in [0.1, 0.15) is 66.6 Å². The van der Waals surface area contributed by atoms with Crippen LogP contribution in [0.4, 0.5) is 0 Å². The van der Waals surface area contributed by atoms with Gasteiger partial charge in [0, 0.05) is 23.2 Å². The highest BCUT2D eigenvalue weighted by Gasteiger charge is 2.32. The number of carbonyl (C=O) groups excluding carboxylic acids is 1. The van der Waals surface area contributed by atoms with Gasteiger partial charge in [0.25, 0.3) is 5.91 Å². The molecule has 0 bridgehead atoms. The van der Waals surface area contributed by atoms with E-state index < -0.39 is 10.0 Å². The van der Waals surface area contributed by atoms with Crippen LogP contribution in [0.3, 0.4) is 0 Å². The minimum Gasteiger partial charge on any atom is -0.393 e. The molecular formula is C29H33ClN2O4S. The lowest BCUT2D eigenvalue weighted by molar-refractivity contribution is 0.0867. The van der Waals surface area contributed by atoms with E-state index in [1.54, 1.807) is 24.3 Å². The van der Waals surface area contributed by atoms with Crippen molar-refractivity contribution in [2.75, 3.05) is 0 Å². The number of hydrogen-bond donors (Lipinski definition) is 2. The standard InChI is InChI=1S/C29H33ClN2O4S/c1-2-28(22-6-4-3-5-7-22)32(37(35,36)27-18-12-24(30)13-19-27)20-21-8-10-23(11-9-21)29(34)31-25-14-16-26(33)17-15-25/h3-13,18-19,25-26,28,33H,2,14-17,20H2,1H3,(H,31,34). The van der Waals surface area contributed by atoms with Crippen LogP contribution in [0.15, 0.2) is 83.8 Å². The molecule has 0 aromatic heterocycles. The fraction of sp³-hybridized carbons (Fsp3) is 0.345. The maximum atomic E-state index is 13.8. The van der Waals surface area contributed by atoms with Crippen molar-refractivity contribution in [2.24, 2.45) is 0 Å². The summed E-state index contributed by atoms with van der Waals surface area (Å²) in [6.45, 7) is 2.13. The Kier molecular flexibility index (Phi) is 9.03. The molecule has 1 aliphatic rings. The number of rotatable bonds is 9. The van der Waals surface area contributed by atoms with Crippen molar-refractivity contribution < 1.29 is 18.3 Å². The first-order chi connectivity index (χ1) is 17.8. The number of nitrogens with zero attached hydrogens (tertiary/aromatic N) is 1. The first-order valence-electron chi connectivity index (χ1n) is 12.7. The maximum absolute atomic E-state index is 13.8. The van der Waals surface area contributed by atoms with Crippen molar-refractivity contribution in [2.45, 2.75) is 68.7 Å². The zero-order chi connectivity index (χ0) is 26.4. The van der Waals surface area contributed by atoms with Crippen molar-refractivity contribution in [3.8, 4) is 0 Å². The van der Waals surface area contributed by atoms with Crippen LogP contribution >= 0.6 is 11.6 Å². The fourth-order valence-electron chi connectivity index (χ4n) is 4.82. The predicted molar refractivity (Wildman–Crippen MR) is 146 cm³/mol. The Labute approximate surface area is 224 Å². The number of benzene rings is 3. The number of nitrogens with one attached hydrogen (secondary N) is 1. The van der Waals surface area contributed by atoms with Gasteiger partial charge in [0.1, 0.15) is 0 Å². The van der Waals surface area contributed by atoms with E-state index in [0.717, 1.165) is 24.0 Å². The lowest BCUT2D eigenvalue weighted by Gasteiger charge is -2.31. The monoisotopic (exact) mass is 540 g/mol. The molecule has 1 unspecified atom stereocenters. The highest BCUT2D eigenvalue weighted by molar-refractivity contribution is 7.89. The summed E-state index contributed by atoms with van der Waals surface area (Å²) in [5.41, 5.74) is 2.22. The largest absolute Gasteiger partial charge is 0.393 e. The van der Waals surface area contributed by atoms with Gasteiger partial charge in [-0.2, -0.15) is 4.31 Å². The van der Waals surface area contributed by atoms with Gasteiger partial charge in [-0.25, -0.2) is 8.42 Å². The maximum Gasteiger partial charge on any atom is 0.251 e. The van der Waals surface area contributed by atoms with E-state index in [4.69, 9.17) is 11.6 Å². The van der Waals surface area contributed by atoms with E-state index in [1.807, 2.05) is 49.4 Å². The van der Waals surface area contributed by atoms with Gasteiger partial charge in [0.15, 0.2) is 0 Å². The molecule has 0 heterocycles. The average molecular weight is 541 g/mol. The molecule has 4 rings (SSSR count). The molecule has 1 saturated carbocycles. The smallest absolute Gasteiger partial charge is 0.251 e. The Hall–Kier alpha value is -2.71. The van der Waals surface area contributed by atoms with Crippen LogP contribution in [-0.2, 0) is 16.6 Å². The van der Waals surface area contributed by atoms with Crippen molar-refractivity contribution in [1.29, 1.82) is 0 Å². The molecule has 1 fully saturated rings. The number of carbonyl (C=O) groups is 1. The number of sulfonamides is 1. The number of hydrogen-bond acceptors (Lipinski definition) is 4. The summed E-state index contributed by atoms with van der Waals surface area (Å²) in [5, 5.41) is 13.2. The lowest BCUT2D eigenvalue weighted by atomic mass is 9.93. The minimum absolute atomic E-state index is 0.0618. The Balaban J connectivity index is 1.58. The Morgan fingerprint density at radius 2 is 1.59 bits per heavy atom. The second kappa shape index (κ2) is 12.2. The third kappa shape index (κ3) is 6.79. The molecule has 0 aliphatic heterocycles. The van der Waals surface area contributed by atoms with Crippen LogP contribution in [-0.4, -0.2) is 35.9 Å². The van der Waals surface area contributed by atoms with E-state index in [2.05, 4.69) is 5.32 Å². The summed E-state index contributed by atoms with van der Waals surface area (Å²) < 4.78 is 29.2. The zero-order valence-corrected chi connectivity index (χ0v) is 22.5. The Morgan fingerprint density at radius 3 is 2.19 bits per heavy atom. The quantitative estimate of drug-likeness (QED) is 0.363. The summed E-state index contributed by atoms with van der Waals surface area (Å²) in [4.78, 5) is 12.9. The van der Waals surface area contributed by atoms with Crippen LogP contribution < -0.4 is 5.32 Å². The Morgan fingerprint density at radius 1 is 0.973 bits per heavy atom. The van der Waals surface area contributed by atoms with Gasteiger partial charge in [-0.15, -0.1) is 0 Å². The van der Waals surface area contributed by atoms with E-state index >= 15 is 0 Å². The number of amides is 1. The minimum atomic E-state index is -3.85. The first kappa shape index (κ1) is 27.3. The van der Waals surface area contributed by atoms with Crippen LogP contribution in [0, 0.1) is 0 Å². The third-order valence-corrected chi connectivity index (χ3v) is 9.05. The van der Waals surface area contributed by atoms with Crippen LogP contribution in [0.5, 0.6) is 0 Å². The van der Waals surface area contributed by atoms with Gasteiger partial charge in [0.05, 0.1) is 17.0 Å². The highest BCUT2D eigenvalue weighted by atomic mass is 35.5. The molecule has 1 amide bonds. The predicted octanol–water partition coefficient (Wildman–Crippen LogP) is 5.72. The summed E-state index contributed by atoms with van der Waals surface area (Å²) in [5.74, 6) is -0.158. The van der Waals surface area contributed by atoms with Crippen molar-refractivity contribution >= 4 is 27.5 Å². The molecule has 0 saturated heterocycles. The second-order valence-corrected chi connectivity index (χ2v) is 11.8. The normalized spacial score (nSPS) is 18.9. The van der Waals surface area contributed by atoms with E-state index in [0.29, 0.717) is 29.8 Å². The third-order valence-electron chi connectivity index (χ3n) is 6.93. The van der Waals surface area contributed by atoms with Gasteiger partial charge in [0.2, 0.25) is 10.0 Å². The van der Waals surface area contributed by atoms with E-state index in [9.17, 15) is 18.3 Å². The molecule has 1 aliphatic carbocycles. The van der Waals surface area contributed by atoms with Crippen LogP contribution in [0.25, 0.3) is 0 Å². The lowest BCUT2D eigenvalue weighted by Crippen LogP contribution is -2.38. The van der Waals surface area contributed by atoms with E-state index in [-0.39, 0.29) is 35.5 Å². The molecule has 8 heteroatoms. The summed E-state index contributed by atoms with van der Waals surface area (Å²) >= 11 is 6.01. The fourth-order valence-corrected chi connectivity index (χ4v) is 6.62. The summed E-state index contributed by atoms with van der Waals surface area (Å²) in [6.07, 6.45) is 3.24. The molecule has 1 atom stereocenters. The average Bonchev–Trinajstić information content (AvgIpc) is 2.91. The zero-order valence-electron chi connectivity index (χ0n) is 20.9. The highest BCUT2D eigenvalue weighted by Crippen LogP contribution is 2.32. The van der Waals surface area contributed by atoms with E-state index in [1.165, 1.54) is 16.4 Å². The molecule has 3 aromatic rings. The molecule has 196 valence electrons. The number of aliphatic hydroxyl groups excluding tert-OH is 1. The molecule has 3 aromatic carbocycles. The van der Waals surface area contributed by atoms with Gasteiger partial charge in [-0.05, 0) is 79.6 Å². The summed E-state index contributed by atoms with van der Waals surface area (Å²) in [6, 6.07) is 22.6. The number of aliphatic hydroxyl groups is 1. The molecule has 2 N–H and O–H groups in total. The topological polar surface area (TPSA) is 86.7 Å². The Bertz CT molecular complexity index is 1270.